The molecule has 1 heterocycles. The number of aromatic nitrogens is 1. The number of hydrogen-bond acceptors (Lipinski definition) is 3. The van der Waals surface area contributed by atoms with Gasteiger partial charge in [0.15, 0.2) is 0 Å². The van der Waals surface area contributed by atoms with Crippen LogP contribution in [0.3, 0.4) is 0 Å². The van der Waals surface area contributed by atoms with Crippen molar-refractivity contribution in [3.05, 3.63) is 66.3 Å². The Balaban J connectivity index is 0.00000264. The number of ether oxygens (including phenoxy) is 1. The van der Waals surface area contributed by atoms with Crippen molar-refractivity contribution in [2.75, 3.05) is 11.9 Å². The molecule has 2 rings (SSSR count). The molecule has 1 aromatic heterocycles. The maximum atomic E-state index is 12.2. The Bertz CT molecular complexity index is 672. The summed E-state index contributed by atoms with van der Waals surface area (Å²) in [5.41, 5.74) is 3.01. The maximum absolute atomic E-state index is 12.2. The van der Waals surface area contributed by atoms with Gasteiger partial charge in [-0.2, -0.15) is 6.92 Å². The fraction of sp³-hybridized carbons (Fsp3) is 0.167. The summed E-state index contributed by atoms with van der Waals surface area (Å²) in [6.07, 6.45) is 6.82. The second-order valence-corrected chi connectivity index (χ2v) is 4.83. The molecule has 0 bridgehead atoms. The molecule has 23 heavy (non-hydrogen) atoms. The average molecular weight is 350 g/mol. The van der Waals surface area contributed by atoms with E-state index in [9.17, 15) is 4.79 Å². The number of carbonyl (C=O) groups is 1. The number of rotatable bonds is 6. The monoisotopic (exact) mass is 350 g/mol. The molecule has 5 heteroatoms. The van der Waals surface area contributed by atoms with Crippen LogP contribution in [-0.2, 0) is 17.1 Å². The number of nitrogens with zero attached hydrogens (tertiary/aromatic N) is 1. The normalized spacial score (nSPS) is 9.65. The van der Waals surface area contributed by atoms with Crippen LogP contribution in [0.1, 0.15) is 28.4 Å². The first-order valence-electron chi connectivity index (χ1n) is 7.04. The minimum atomic E-state index is -0.196. The molecule has 0 aliphatic carbocycles. The molecule has 2 aromatic rings. The van der Waals surface area contributed by atoms with Gasteiger partial charge in [0.05, 0.1) is 5.56 Å². The first-order chi connectivity index (χ1) is 10.7. The van der Waals surface area contributed by atoms with E-state index in [2.05, 4.69) is 16.9 Å². The van der Waals surface area contributed by atoms with Gasteiger partial charge in [0.2, 0.25) is 0 Å². The van der Waals surface area contributed by atoms with Gasteiger partial charge < -0.3 is 10.1 Å². The molecule has 0 aliphatic heterocycles. The molecule has 0 spiro atoms. The van der Waals surface area contributed by atoms with Gasteiger partial charge in [0.25, 0.3) is 5.91 Å². The number of carbonyl (C=O) groups excluding carboxylic acids is 1. The maximum Gasteiger partial charge on any atom is 0.257 e. The zero-order chi connectivity index (χ0) is 15.9. The van der Waals surface area contributed by atoms with Gasteiger partial charge in [0.1, 0.15) is 5.75 Å². The molecule has 0 saturated heterocycles. The molecule has 1 aromatic carbocycles. The van der Waals surface area contributed by atoms with E-state index in [1.54, 1.807) is 24.4 Å². The summed E-state index contributed by atoms with van der Waals surface area (Å²) in [5, 5.41) is 2.87. The zero-order valence-corrected chi connectivity index (χ0v) is 14.4. The van der Waals surface area contributed by atoms with Crippen molar-refractivity contribution in [2.24, 2.45) is 0 Å². The van der Waals surface area contributed by atoms with Crippen LogP contribution >= 0.6 is 0 Å². The second kappa shape index (κ2) is 9.13. The third-order valence-electron chi connectivity index (χ3n) is 3.10. The van der Waals surface area contributed by atoms with Crippen LogP contribution in [0.2, 0.25) is 0 Å². The minimum Gasteiger partial charge on any atom is -0.524 e. The van der Waals surface area contributed by atoms with E-state index in [1.165, 1.54) is 6.20 Å². The van der Waals surface area contributed by atoms with E-state index in [4.69, 9.17) is 4.74 Å². The standard InChI is InChI=1S/C18H19N2O2.Mn/c1-4-9-22-17-13(3)10-16(11-14(17)5-2)20-18(21)15-7-6-8-19-12-15;/h4-8,10-12H,2,9H2,1,3H3,(H,20,21);/q-1;. The summed E-state index contributed by atoms with van der Waals surface area (Å²) in [7, 11) is 0. The fourth-order valence-corrected chi connectivity index (χ4v) is 2.09. The van der Waals surface area contributed by atoms with Crippen molar-refractivity contribution in [1.82, 2.24) is 4.98 Å². The largest absolute Gasteiger partial charge is 0.524 e. The van der Waals surface area contributed by atoms with Gasteiger partial charge in [-0.1, -0.05) is 12.7 Å². The van der Waals surface area contributed by atoms with Gasteiger partial charge in [-0.05, 0) is 43.4 Å². The van der Waals surface area contributed by atoms with Crippen LogP contribution in [0.4, 0.5) is 5.69 Å². The Kier molecular flexibility index (Phi) is 7.52. The third-order valence-corrected chi connectivity index (χ3v) is 3.10. The molecule has 1 amide bonds. The van der Waals surface area contributed by atoms with Crippen molar-refractivity contribution in [3.8, 4) is 5.75 Å². The second-order valence-electron chi connectivity index (χ2n) is 4.83. The van der Waals surface area contributed by atoms with Crippen molar-refractivity contribution >= 4 is 17.7 Å². The summed E-state index contributed by atoms with van der Waals surface area (Å²) in [6.45, 7) is 8.22. The summed E-state index contributed by atoms with van der Waals surface area (Å²) in [4.78, 5) is 16.1. The number of aryl methyl sites for hydroxylation is 1. The molecular formula is C18H19MnN2O2-. The summed E-state index contributed by atoms with van der Waals surface area (Å²) < 4.78 is 5.70. The molecule has 0 fully saturated rings. The van der Waals surface area contributed by atoms with Gasteiger partial charge in [-0.3, -0.25) is 16.2 Å². The smallest absolute Gasteiger partial charge is 0.257 e. The molecule has 0 saturated carbocycles. The summed E-state index contributed by atoms with van der Waals surface area (Å²) in [5.74, 6) is 0.588. The average Bonchev–Trinajstić information content (AvgIpc) is 2.54. The Morgan fingerprint density at radius 3 is 2.87 bits per heavy atom. The zero-order valence-electron chi connectivity index (χ0n) is 13.2. The van der Waals surface area contributed by atoms with E-state index < -0.39 is 0 Å². The van der Waals surface area contributed by atoms with Crippen molar-refractivity contribution in [3.63, 3.8) is 0 Å². The van der Waals surface area contributed by atoms with Crippen LogP contribution in [0.5, 0.6) is 5.75 Å². The molecule has 0 aliphatic rings. The van der Waals surface area contributed by atoms with Gasteiger partial charge in [-0.15, -0.1) is 0 Å². The quantitative estimate of drug-likeness (QED) is 0.635. The van der Waals surface area contributed by atoms with Gasteiger partial charge >= 0.3 is 0 Å². The summed E-state index contributed by atoms with van der Waals surface area (Å²) in [6, 6.07) is 7.18. The van der Waals surface area contributed by atoms with E-state index in [-0.39, 0.29) is 23.0 Å². The molecular weight excluding hydrogens is 331 g/mol. The van der Waals surface area contributed by atoms with Gasteiger partial charge in [0, 0.05) is 40.7 Å². The predicted molar refractivity (Wildman–Crippen MR) is 88.9 cm³/mol. The Hall–Kier alpha value is -2.10. The van der Waals surface area contributed by atoms with Crippen LogP contribution < -0.4 is 10.1 Å². The van der Waals surface area contributed by atoms with Crippen LogP contribution in [0.25, 0.3) is 6.08 Å². The van der Waals surface area contributed by atoms with Crippen molar-refractivity contribution in [1.29, 1.82) is 0 Å². The van der Waals surface area contributed by atoms with E-state index in [0.29, 0.717) is 17.9 Å². The number of anilines is 1. The minimum absolute atomic E-state index is 0. The van der Waals surface area contributed by atoms with Crippen molar-refractivity contribution in [2.45, 2.75) is 13.8 Å². The van der Waals surface area contributed by atoms with E-state index in [1.807, 2.05) is 32.4 Å². The van der Waals surface area contributed by atoms with Crippen LogP contribution in [-0.4, -0.2) is 17.5 Å². The molecule has 0 unspecified atom stereocenters. The number of amides is 1. The van der Waals surface area contributed by atoms with Crippen molar-refractivity contribution < 1.29 is 26.6 Å². The van der Waals surface area contributed by atoms with E-state index >= 15 is 0 Å². The molecule has 0 atom stereocenters. The number of benzene rings is 1. The summed E-state index contributed by atoms with van der Waals surface area (Å²) >= 11 is 0. The molecule has 1 N–H and O–H groups in total. The number of hydrogen-bond donors (Lipinski definition) is 1. The SMILES string of the molecule is C=Cc1cc(NC(=O)c2cccnc2)cc(C)c1OC[CH-]C.[Mn]. The first-order valence-corrected chi connectivity index (χ1v) is 7.04. The third kappa shape index (κ3) is 4.95. The number of nitrogens with one attached hydrogen (secondary N) is 1. The first kappa shape index (κ1) is 18.9. The van der Waals surface area contributed by atoms with Gasteiger partial charge in [-0.25, -0.2) is 0 Å². The molecule has 1 radical (unpaired) electrons. The van der Waals surface area contributed by atoms with Crippen LogP contribution in [0.15, 0.2) is 43.2 Å². The van der Waals surface area contributed by atoms with Crippen LogP contribution in [0, 0.1) is 13.3 Å². The number of pyridine rings is 1. The Labute approximate surface area is 147 Å². The fourth-order valence-electron chi connectivity index (χ4n) is 2.09. The molecule has 121 valence electrons. The Morgan fingerprint density at radius 1 is 1.48 bits per heavy atom. The van der Waals surface area contributed by atoms with E-state index in [0.717, 1.165) is 16.9 Å². The predicted octanol–water partition coefficient (Wildman–Crippen LogP) is 3.89. The Morgan fingerprint density at radius 2 is 2.26 bits per heavy atom. The topological polar surface area (TPSA) is 51.2 Å². The molecule has 4 nitrogen and oxygen atoms in total.